The molecule has 1 aromatic carbocycles. The second kappa shape index (κ2) is 3.92. The summed E-state index contributed by atoms with van der Waals surface area (Å²) in [7, 11) is -2.09. The molecule has 0 fully saturated rings. The summed E-state index contributed by atoms with van der Waals surface area (Å²) in [4.78, 5) is 0. The maximum Gasteiger partial charge on any atom is 0.210 e. The lowest BCUT2D eigenvalue weighted by molar-refractivity contribution is 0.627. The summed E-state index contributed by atoms with van der Waals surface area (Å²) in [6, 6.07) is 7.15. The van der Waals surface area contributed by atoms with Crippen LogP contribution < -0.4 is 5.73 Å². The largest absolute Gasteiger partial charge is 0.399 e. The van der Waals surface area contributed by atoms with Crippen LogP contribution in [0.3, 0.4) is 0 Å². The van der Waals surface area contributed by atoms with Crippen molar-refractivity contribution in [3.63, 3.8) is 0 Å². The molecule has 0 radical (unpaired) electrons. The fourth-order valence-electron chi connectivity index (χ4n) is 0.884. The molecule has 4 heteroatoms. The summed E-state index contributed by atoms with van der Waals surface area (Å²) in [5.74, 6) is 0. The Balaban J connectivity index is 2.83. The van der Waals surface area contributed by atoms with Gasteiger partial charge in [0.1, 0.15) is 0 Å². The van der Waals surface area contributed by atoms with Crippen molar-refractivity contribution in [2.24, 2.45) is 0 Å². The summed E-state index contributed by atoms with van der Waals surface area (Å²) in [5, 5.41) is 1.20. The van der Waals surface area contributed by atoms with Gasteiger partial charge < -0.3 is 5.73 Å². The van der Waals surface area contributed by atoms with Crippen molar-refractivity contribution in [1.29, 1.82) is 0 Å². The van der Waals surface area contributed by atoms with E-state index in [1.54, 1.807) is 18.2 Å². The second-order valence-corrected chi connectivity index (χ2v) is 3.23. The Hall–Kier alpha value is -1.29. The van der Waals surface area contributed by atoms with Crippen LogP contribution in [0.1, 0.15) is 5.56 Å². The first-order chi connectivity index (χ1) is 5.68. The first kappa shape index (κ1) is 8.80. The molecule has 0 aliphatic carbocycles. The van der Waals surface area contributed by atoms with E-state index in [1.807, 2.05) is 6.07 Å². The molecule has 0 saturated carbocycles. The molecule has 0 saturated heterocycles. The molecule has 1 rings (SSSR count). The van der Waals surface area contributed by atoms with Crippen LogP contribution >= 0.6 is 0 Å². The molecule has 0 bridgehead atoms. The van der Waals surface area contributed by atoms with E-state index in [1.165, 1.54) is 5.37 Å². The van der Waals surface area contributed by atoms with Gasteiger partial charge in [-0.3, -0.25) is 0 Å². The standard InChI is InChI=1S/C8H9NO2S/c9-8-3-1-2-7(6-8)4-5-12(10)11/h1-3,5-6H,4,9H2. The number of nitrogen functional groups attached to an aromatic ring is 1. The van der Waals surface area contributed by atoms with Gasteiger partial charge in [0.2, 0.25) is 10.3 Å². The summed E-state index contributed by atoms with van der Waals surface area (Å²) >= 11 is 0. The summed E-state index contributed by atoms with van der Waals surface area (Å²) in [6.45, 7) is 0. The number of anilines is 1. The Kier molecular flexibility index (Phi) is 2.88. The number of hydrogen-bond donors (Lipinski definition) is 1. The van der Waals surface area contributed by atoms with Crippen LogP contribution in [-0.2, 0) is 16.7 Å². The molecule has 0 aliphatic rings. The summed E-state index contributed by atoms with van der Waals surface area (Å²) in [5.41, 5.74) is 7.05. The van der Waals surface area contributed by atoms with Gasteiger partial charge in [-0.25, -0.2) is 0 Å². The van der Waals surface area contributed by atoms with Crippen molar-refractivity contribution in [3.05, 3.63) is 29.8 Å². The van der Waals surface area contributed by atoms with Crippen LogP contribution in [0, 0.1) is 0 Å². The number of hydrogen-bond acceptors (Lipinski definition) is 3. The van der Waals surface area contributed by atoms with Gasteiger partial charge in [0.15, 0.2) is 0 Å². The summed E-state index contributed by atoms with van der Waals surface area (Å²) < 4.78 is 20.3. The maximum absolute atomic E-state index is 10.2. The van der Waals surface area contributed by atoms with Crippen molar-refractivity contribution in [1.82, 2.24) is 0 Å². The molecule has 0 amide bonds. The lowest BCUT2D eigenvalue weighted by atomic mass is 10.1. The highest BCUT2D eigenvalue weighted by Gasteiger charge is 1.90. The Morgan fingerprint density at radius 1 is 1.42 bits per heavy atom. The molecule has 2 N–H and O–H groups in total. The predicted octanol–water partition coefficient (Wildman–Crippen LogP) is 0.493. The topological polar surface area (TPSA) is 60.2 Å². The van der Waals surface area contributed by atoms with Crippen molar-refractivity contribution in [3.8, 4) is 0 Å². The Morgan fingerprint density at radius 2 is 2.17 bits per heavy atom. The van der Waals surface area contributed by atoms with Crippen LogP contribution in [0.2, 0.25) is 0 Å². The molecular formula is C8H9NO2S. The van der Waals surface area contributed by atoms with E-state index < -0.39 is 10.3 Å². The lowest BCUT2D eigenvalue weighted by Gasteiger charge is -1.95. The Labute approximate surface area is 72.4 Å². The molecule has 12 heavy (non-hydrogen) atoms. The molecule has 0 aliphatic heterocycles. The molecular weight excluding hydrogens is 174 g/mol. The highest BCUT2D eigenvalue weighted by Crippen LogP contribution is 2.05. The van der Waals surface area contributed by atoms with E-state index in [0.717, 1.165) is 5.56 Å². The van der Waals surface area contributed by atoms with Gasteiger partial charge in [-0.15, -0.1) is 0 Å². The fraction of sp³-hybridized carbons (Fsp3) is 0.125. The van der Waals surface area contributed by atoms with Crippen LogP contribution in [0.15, 0.2) is 24.3 Å². The second-order valence-electron chi connectivity index (χ2n) is 2.38. The third kappa shape index (κ3) is 2.75. The third-order valence-corrected chi connectivity index (χ3v) is 1.84. The van der Waals surface area contributed by atoms with E-state index in [0.29, 0.717) is 12.1 Å². The van der Waals surface area contributed by atoms with Crippen LogP contribution in [0.4, 0.5) is 5.69 Å². The molecule has 1 aromatic rings. The minimum Gasteiger partial charge on any atom is -0.399 e. The zero-order valence-corrected chi connectivity index (χ0v) is 7.21. The van der Waals surface area contributed by atoms with Crippen LogP contribution in [0.25, 0.3) is 0 Å². The number of benzene rings is 1. The lowest BCUT2D eigenvalue weighted by Crippen LogP contribution is -1.89. The monoisotopic (exact) mass is 183 g/mol. The highest BCUT2D eigenvalue weighted by molar-refractivity contribution is 7.71. The predicted molar refractivity (Wildman–Crippen MR) is 49.5 cm³/mol. The van der Waals surface area contributed by atoms with E-state index in [4.69, 9.17) is 5.73 Å². The van der Waals surface area contributed by atoms with Crippen molar-refractivity contribution in [2.75, 3.05) is 5.73 Å². The normalized spacial score (nSPS) is 9.33. The molecule has 0 atom stereocenters. The highest BCUT2D eigenvalue weighted by atomic mass is 32.2. The van der Waals surface area contributed by atoms with Gasteiger partial charge in [-0.05, 0) is 17.7 Å². The molecule has 0 spiro atoms. The zero-order valence-electron chi connectivity index (χ0n) is 6.40. The molecule has 64 valence electrons. The minimum atomic E-state index is -2.09. The van der Waals surface area contributed by atoms with Crippen LogP contribution in [-0.4, -0.2) is 13.8 Å². The van der Waals surface area contributed by atoms with Gasteiger partial charge in [-0.1, -0.05) is 12.1 Å². The van der Waals surface area contributed by atoms with Gasteiger partial charge >= 0.3 is 0 Å². The maximum atomic E-state index is 10.2. The zero-order chi connectivity index (χ0) is 8.97. The quantitative estimate of drug-likeness (QED) is 0.536. The van der Waals surface area contributed by atoms with Gasteiger partial charge in [0.05, 0.1) is 0 Å². The first-order valence-electron chi connectivity index (χ1n) is 3.44. The fourth-order valence-corrected chi connectivity index (χ4v) is 1.21. The van der Waals surface area contributed by atoms with Crippen LogP contribution in [0.5, 0.6) is 0 Å². The van der Waals surface area contributed by atoms with Crippen molar-refractivity contribution < 1.29 is 8.42 Å². The van der Waals surface area contributed by atoms with E-state index in [-0.39, 0.29) is 0 Å². The molecule has 0 aromatic heterocycles. The van der Waals surface area contributed by atoms with Gasteiger partial charge in [0.25, 0.3) is 0 Å². The smallest absolute Gasteiger partial charge is 0.210 e. The SMILES string of the molecule is Nc1cccc(CC=S(=O)=O)c1. The Morgan fingerprint density at radius 3 is 2.75 bits per heavy atom. The molecule has 0 heterocycles. The number of rotatable bonds is 2. The van der Waals surface area contributed by atoms with E-state index in [9.17, 15) is 8.42 Å². The van der Waals surface area contributed by atoms with Crippen molar-refractivity contribution in [2.45, 2.75) is 6.42 Å². The average molecular weight is 183 g/mol. The summed E-state index contributed by atoms with van der Waals surface area (Å²) in [6.07, 6.45) is 0.404. The van der Waals surface area contributed by atoms with Gasteiger partial charge in [0, 0.05) is 17.5 Å². The van der Waals surface area contributed by atoms with E-state index >= 15 is 0 Å². The Bertz CT molecular complexity index is 387. The minimum absolute atomic E-state index is 0.404. The average Bonchev–Trinajstić information content (AvgIpc) is 2.01. The van der Waals surface area contributed by atoms with Gasteiger partial charge in [-0.2, -0.15) is 8.42 Å². The third-order valence-electron chi connectivity index (χ3n) is 1.41. The molecule has 0 unspecified atom stereocenters. The molecule has 3 nitrogen and oxygen atoms in total. The number of nitrogens with two attached hydrogens (primary N) is 1. The van der Waals surface area contributed by atoms with Crippen molar-refractivity contribution >= 4 is 21.3 Å². The first-order valence-corrected chi connectivity index (χ1v) is 4.58. The van der Waals surface area contributed by atoms with E-state index in [2.05, 4.69) is 0 Å².